The fourth-order valence-corrected chi connectivity index (χ4v) is 3.64. The van der Waals surface area contributed by atoms with Crippen LogP contribution in [-0.2, 0) is 10.0 Å². The molecule has 0 radical (unpaired) electrons. The molecule has 9 heteroatoms. The zero-order chi connectivity index (χ0) is 15.7. The van der Waals surface area contributed by atoms with Crippen LogP contribution in [0, 0.1) is 0 Å². The number of sulfonamides is 1. The molecule has 1 unspecified atom stereocenters. The molecule has 0 heterocycles. The molecule has 0 amide bonds. The highest BCUT2D eigenvalue weighted by Gasteiger charge is 2.29. The predicted octanol–water partition coefficient (Wildman–Crippen LogP) is 1.69. The fraction of sp³-hybridized carbons (Fsp3) is 0.364. The van der Waals surface area contributed by atoms with E-state index in [9.17, 15) is 13.2 Å². The minimum Gasteiger partial charge on any atom is -0.478 e. The molecule has 1 aromatic rings. The smallest absolute Gasteiger partial charge is 0.337 e. The van der Waals surface area contributed by atoms with E-state index in [1.54, 1.807) is 0 Å². The van der Waals surface area contributed by atoms with Crippen molar-refractivity contribution in [2.45, 2.75) is 17.9 Å². The van der Waals surface area contributed by atoms with Crippen molar-refractivity contribution in [1.29, 1.82) is 0 Å². The Kier molecular flexibility index (Phi) is 5.39. The lowest BCUT2D eigenvalue weighted by molar-refractivity contribution is 0.0697. The van der Waals surface area contributed by atoms with Gasteiger partial charge in [-0.2, -0.15) is 4.31 Å². The molecule has 0 spiro atoms. The molecule has 0 bridgehead atoms. The number of nitrogens with zero attached hydrogens (tertiary/aromatic N) is 1. The summed E-state index contributed by atoms with van der Waals surface area (Å²) in [6.45, 7) is 1.10. The maximum Gasteiger partial charge on any atom is 0.337 e. The van der Waals surface area contributed by atoms with Gasteiger partial charge in [-0.1, -0.05) is 23.2 Å². The SMILES string of the molecule is CC(CO)N(C)S(=O)(=O)c1cc(Cl)cc(C(=O)O)c1Cl. The standard InChI is InChI=1S/C11H13Cl2NO5S/c1-6(5-15)14(2)20(18,19)9-4-7(12)3-8(10(9)13)11(16)17/h3-4,6,15H,5H2,1-2H3,(H,16,17). The number of hydrogen-bond donors (Lipinski definition) is 2. The quantitative estimate of drug-likeness (QED) is 0.849. The molecule has 0 saturated carbocycles. The second-order valence-electron chi connectivity index (χ2n) is 4.12. The van der Waals surface area contributed by atoms with E-state index >= 15 is 0 Å². The average molecular weight is 342 g/mol. The number of aliphatic hydroxyl groups is 1. The third-order valence-electron chi connectivity index (χ3n) is 2.78. The van der Waals surface area contributed by atoms with Gasteiger partial charge < -0.3 is 10.2 Å². The largest absolute Gasteiger partial charge is 0.478 e. The molecule has 0 aromatic heterocycles. The normalized spacial score (nSPS) is 13.5. The van der Waals surface area contributed by atoms with Gasteiger partial charge in [0.15, 0.2) is 0 Å². The van der Waals surface area contributed by atoms with Crippen molar-refractivity contribution < 1.29 is 23.4 Å². The topological polar surface area (TPSA) is 94.9 Å². The number of carboxylic acids is 1. The summed E-state index contributed by atoms with van der Waals surface area (Å²) < 4.78 is 25.6. The molecule has 0 saturated heterocycles. The molecule has 1 rings (SSSR count). The summed E-state index contributed by atoms with van der Waals surface area (Å²) in [4.78, 5) is 10.6. The highest BCUT2D eigenvalue weighted by molar-refractivity contribution is 7.89. The number of carbonyl (C=O) groups is 1. The zero-order valence-electron chi connectivity index (χ0n) is 10.7. The molecule has 112 valence electrons. The van der Waals surface area contributed by atoms with Crippen LogP contribution in [0.3, 0.4) is 0 Å². The van der Waals surface area contributed by atoms with Gasteiger partial charge in [-0.05, 0) is 19.1 Å². The maximum absolute atomic E-state index is 12.4. The second kappa shape index (κ2) is 6.28. The monoisotopic (exact) mass is 341 g/mol. The Hall–Kier alpha value is -0.860. The third-order valence-corrected chi connectivity index (χ3v) is 5.51. The van der Waals surface area contributed by atoms with E-state index in [2.05, 4.69) is 0 Å². The number of carboxylic acid groups (broad SMARTS) is 1. The first-order valence-electron chi connectivity index (χ1n) is 5.44. The van der Waals surface area contributed by atoms with E-state index in [-0.39, 0.29) is 11.6 Å². The van der Waals surface area contributed by atoms with Crippen LogP contribution in [0.4, 0.5) is 0 Å². The Morgan fingerprint density at radius 1 is 1.40 bits per heavy atom. The second-order valence-corrected chi connectivity index (χ2v) is 6.90. The molecule has 0 aliphatic carbocycles. The molecule has 6 nitrogen and oxygen atoms in total. The lowest BCUT2D eigenvalue weighted by Crippen LogP contribution is -2.37. The summed E-state index contributed by atoms with van der Waals surface area (Å²) in [6, 6.07) is 1.45. The van der Waals surface area contributed by atoms with E-state index in [0.717, 1.165) is 16.4 Å². The maximum atomic E-state index is 12.4. The van der Waals surface area contributed by atoms with Crippen LogP contribution in [0.2, 0.25) is 10.0 Å². The summed E-state index contributed by atoms with van der Waals surface area (Å²) in [5.41, 5.74) is -0.400. The minimum absolute atomic E-state index is 0.0598. The Labute approximate surface area is 126 Å². The van der Waals surface area contributed by atoms with Crippen LogP contribution in [0.15, 0.2) is 17.0 Å². The molecule has 1 atom stereocenters. The number of halogens is 2. The molecule has 20 heavy (non-hydrogen) atoms. The lowest BCUT2D eigenvalue weighted by atomic mass is 10.2. The predicted molar refractivity (Wildman–Crippen MR) is 74.9 cm³/mol. The highest BCUT2D eigenvalue weighted by atomic mass is 35.5. The van der Waals surface area contributed by atoms with Crippen molar-refractivity contribution in [3.8, 4) is 0 Å². The van der Waals surface area contributed by atoms with Crippen LogP contribution in [0.1, 0.15) is 17.3 Å². The average Bonchev–Trinajstić information content (AvgIpc) is 2.38. The third kappa shape index (κ3) is 3.24. The number of hydrogen-bond acceptors (Lipinski definition) is 4. The molecular formula is C11H13Cl2NO5S. The van der Waals surface area contributed by atoms with Crippen LogP contribution in [-0.4, -0.2) is 48.6 Å². The zero-order valence-corrected chi connectivity index (χ0v) is 13.0. The van der Waals surface area contributed by atoms with Crippen molar-refractivity contribution >= 4 is 39.2 Å². The number of likely N-dealkylation sites (N-methyl/N-ethyl adjacent to an activating group) is 1. The Balaban J connectivity index is 3.50. The van der Waals surface area contributed by atoms with Gasteiger partial charge in [-0.25, -0.2) is 13.2 Å². The van der Waals surface area contributed by atoms with Crippen molar-refractivity contribution in [3.05, 3.63) is 27.7 Å². The first-order valence-corrected chi connectivity index (χ1v) is 7.63. The van der Waals surface area contributed by atoms with Crippen molar-refractivity contribution in [3.63, 3.8) is 0 Å². The molecule has 1 aromatic carbocycles. The van der Waals surface area contributed by atoms with Gasteiger partial charge in [0.05, 0.1) is 17.2 Å². The van der Waals surface area contributed by atoms with Gasteiger partial charge >= 0.3 is 5.97 Å². The minimum atomic E-state index is -4.07. The van der Waals surface area contributed by atoms with E-state index in [1.807, 2.05) is 0 Å². The lowest BCUT2D eigenvalue weighted by Gasteiger charge is -2.23. The Morgan fingerprint density at radius 2 is 1.95 bits per heavy atom. The van der Waals surface area contributed by atoms with Crippen LogP contribution >= 0.6 is 23.2 Å². The van der Waals surface area contributed by atoms with Crippen LogP contribution in [0.5, 0.6) is 0 Å². The Bertz CT molecular complexity index is 632. The fourth-order valence-electron chi connectivity index (χ4n) is 1.41. The van der Waals surface area contributed by atoms with E-state index in [4.69, 9.17) is 33.4 Å². The molecule has 0 aliphatic heterocycles. The van der Waals surface area contributed by atoms with Crippen LogP contribution < -0.4 is 0 Å². The van der Waals surface area contributed by atoms with E-state index in [1.165, 1.54) is 14.0 Å². The molecule has 0 fully saturated rings. The molecular weight excluding hydrogens is 329 g/mol. The summed E-state index contributed by atoms with van der Waals surface area (Å²) in [5.74, 6) is -1.38. The summed E-state index contributed by atoms with van der Waals surface area (Å²) in [6.07, 6.45) is 0. The van der Waals surface area contributed by atoms with Crippen LogP contribution in [0.25, 0.3) is 0 Å². The Morgan fingerprint density at radius 3 is 2.40 bits per heavy atom. The summed E-state index contributed by atoms with van der Waals surface area (Å²) >= 11 is 11.6. The first-order chi connectivity index (χ1) is 9.12. The van der Waals surface area contributed by atoms with E-state index in [0.29, 0.717) is 0 Å². The van der Waals surface area contributed by atoms with Gasteiger partial charge in [0.1, 0.15) is 4.90 Å². The van der Waals surface area contributed by atoms with E-state index < -0.39 is 37.5 Å². The summed E-state index contributed by atoms with van der Waals surface area (Å²) in [5, 5.41) is 17.5. The first kappa shape index (κ1) is 17.2. The number of aromatic carboxylic acids is 1. The summed E-state index contributed by atoms with van der Waals surface area (Å²) in [7, 11) is -2.81. The molecule has 2 N–H and O–H groups in total. The number of aliphatic hydroxyl groups excluding tert-OH is 1. The van der Waals surface area contributed by atoms with Gasteiger partial charge in [-0.15, -0.1) is 0 Å². The van der Waals surface area contributed by atoms with Gasteiger partial charge in [0.2, 0.25) is 10.0 Å². The number of benzene rings is 1. The van der Waals surface area contributed by atoms with Gasteiger partial charge in [-0.3, -0.25) is 0 Å². The van der Waals surface area contributed by atoms with Crippen molar-refractivity contribution in [2.75, 3.05) is 13.7 Å². The highest BCUT2D eigenvalue weighted by Crippen LogP contribution is 2.31. The van der Waals surface area contributed by atoms with Crippen molar-refractivity contribution in [2.24, 2.45) is 0 Å². The molecule has 0 aliphatic rings. The van der Waals surface area contributed by atoms with Gasteiger partial charge in [0, 0.05) is 18.1 Å². The number of rotatable bonds is 5. The van der Waals surface area contributed by atoms with Crippen molar-refractivity contribution in [1.82, 2.24) is 4.31 Å². The van der Waals surface area contributed by atoms with Gasteiger partial charge in [0.25, 0.3) is 0 Å².